The smallest absolute Gasteiger partial charge is 0.298 e. The van der Waals surface area contributed by atoms with Crippen molar-refractivity contribution in [3.8, 4) is 5.75 Å². The molecule has 24 heavy (non-hydrogen) atoms. The van der Waals surface area contributed by atoms with Crippen molar-refractivity contribution in [1.29, 1.82) is 0 Å². The molecule has 0 saturated heterocycles. The molecule has 9 nitrogen and oxygen atoms in total. The Bertz CT molecular complexity index is 995. The zero-order chi connectivity index (χ0) is 18.1. The van der Waals surface area contributed by atoms with Gasteiger partial charge in [0.25, 0.3) is 26.1 Å². The van der Waals surface area contributed by atoms with Crippen molar-refractivity contribution < 1.29 is 35.8 Å². The van der Waals surface area contributed by atoms with E-state index in [2.05, 4.69) is 5.32 Å². The van der Waals surface area contributed by atoms with Crippen molar-refractivity contribution >= 4 is 31.8 Å². The number of phenolic OH excluding ortho intramolecular Hbond substituents is 1. The van der Waals surface area contributed by atoms with Crippen LogP contribution in [0.2, 0.25) is 0 Å². The Morgan fingerprint density at radius 3 is 1.96 bits per heavy atom. The Labute approximate surface area is 137 Å². The first-order valence-corrected chi connectivity index (χ1v) is 9.06. The molecule has 0 aliphatic rings. The lowest BCUT2D eigenvalue weighted by molar-refractivity contribution is 0.102. The molecule has 0 bridgehead atoms. The second-order valence-corrected chi connectivity index (χ2v) is 7.42. The van der Waals surface area contributed by atoms with Gasteiger partial charge in [-0.3, -0.25) is 13.9 Å². The average Bonchev–Trinajstić information content (AvgIpc) is 2.46. The van der Waals surface area contributed by atoms with Gasteiger partial charge in [0, 0.05) is 11.3 Å². The van der Waals surface area contributed by atoms with Crippen LogP contribution in [0.3, 0.4) is 0 Å². The molecule has 2 aromatic carbocycles. The molecule has 0 unspecified atom stereocenters. The SMILES string of the molecule is O=C(Nc1ccc(S(=O)(=O)O)cc1)c1ccc(O)c(S(=O)(=O)O)c1. The lowest BCUT2D eigenvalue weighted by atomic mass is 10.2. The fraction of sp³-hybridized carbons (Fsp3) is 0. The molecule has 0 heterocycles. The second-order valence-electron chi connectivity index (χ2n) is 4.61. The van der Waals surface area contributed by atoms with Crippen LogP contribution in [0.25, 0.3) is 0 Å². The number of phenols is 1. The second kappa shape index (κ2) is 6.20. The van der Waals surface area contributed by atoms with E-state index in [0.717, 1.165) is 30.3 Å². The Morgan fingerprint density at radius 2 is 1.46 bits per heavy atom. The molecule has 2 rings (SSSR count). The zero-order valence-corrected chi connectivity index (χ0v) is 13.4. The van der Waals surface area contributed by atoms with Gasteiger partial charge in [0.15, 0.2) is 0 Å². The van der Waals surface area contributed by atoms with Crippen LogP contribution >= 0.6 is 0 Å². The van der Waals surface area contributed by atoms with E-state index in [1.807, 2.05) is 0 Å². The van der Waals surface area contributed by atoms with Gasteiger partial charge in [-0.25, -0.2) is 0 Å². The molecular weight excluding hydrogens is 362 g/mol. The molecule has 1 amide bonds. The van der Waals surface area contributed by atoms with Crippen molar-refractivity contribution in [3.63, 3.8) is 0 Å². The van der Waals surface area contributed by atoms with Gasteiger partial charge in [-0.15, -0.1) is 0 Å². The van der Waals surface area contributed by atoms with Gasteiger partial charge < -0.3 is 10.4 Å². The minimum Gasteiger partial charge on any atom is -0.506 e. The topological polar surface area (TPSA) is 158 Å². The number of benzene rings is 2. The maximum Gasteiger partial charge on any atom is 0.298 e. The third-order valence-electron chi connectivity index (χ3n) is 2.91. The molecule has 0 radical (unpaired) electrons. The van der Waals surface area contributed by atoms with Crippen LogP contribution in [0.4, 0.5) is 5.69 Å². The number of hydrogen-bond acceptors (Lipinski definition) is 6. The molecule has 0 aliphatic heterocycles. The first-order valence-electron chi connectivity index (χ1n) is 6.18. The number of aromatic hydroxyl groups is 1. The minimum absolute atomic E-state index is 0.167. The van der Waals surface area contributed by atoms with Gasteiger partial charge in [-0.1, -0.05) is 0 Å². The molecule has 0 atom stereocenters. The van der Waals surface area contributed by atoms with Gasteiger partial charge in [0.2, 0.25) is 0 Å². The molecule has 0 saturated carbocycles. The number of carbonyl (C=O) groups is 1. The summed E-state index contributed by atoms with van der Waals surface area (Å²) in [5.74, 6) is -1.48. The Balaban J connectivity index is 2.28. The van der Waals surface area contributed by atoms with E-state index >= 15 is 0 Å². The molecular formula is C13H11NO8S2. The minimum atomic E-state index is -4.71. The molecule has 2 aromatic rings. The van der Waals surface area contributed by atoms with Crippen molar-refractivity contribution in [2.75, 3.05) is 5.32 Å². The number of carbonyl (C=O) groups excluding carboxylic acids is 1. The third kappa shape index (κ3) is 4.08. The van der Waals surface area contributed by atoms with Crippen LogP contribution in [0.1, 0.15) is 10.4 Å². The summed E-state index contributed by atoms with van der Waals surface area (Å²) in [4.78, 5) is 10.9. The van der Waals surface area contributed by atoms with E-state index in [0.29, 0.717) is 0 Å². The van der Waals surface area contributed by atoms with E-state index in [1.54, 1.807) is 0 Å². The fourth-order valence-electron chi connectivity index (χ4n) is 1.78. The summed E-state index contributed by atoms with van der Waals surface area (Å²) >= 11 is 0. The number of amides is 1. The normalized spacial score (nSPS) is 11.9. The van der Waals surface area contributed by atoms with Gasteiger partial charge in [0.05, 0.1) is 4.90 Å². The highest BCUT2D eigenvalue weighted by atomic mass is 32.2. The van der Waals surface area contributed by atoms with Crippen LogP contribution in [-0.2, 0) is 20.2 Å². The average molecular weight is 373 g/mol. The Kier molecular flexibility index (Phi) is 4.62. The molecule has 0 spiro atoms. The van der Waals surface area contributed by atoms with Crippen LogP contribution < -0.4 is 5.32 Å². The van der Waals surface area contributed by atoms with Gasteiger partial charge in [0.1, 0.15) is 10.6 Å². The first kappa shape index (κ1) is 17.9. The van der Waals surface area contributed by atoms with Crippen molar-refractivity contribution in [1.82, 2.24) is 0 Å². The summed E-state index contributed by atoms with van der Waals surface area (Å²) in [6.07, 6.45) is 0. The predicted octanol–water partition coefficient (Wildman–Crippen LogP) is 1.14. The summed E-state index contributed by atoms with van der Waals surface area (Å²) in [6.45, 7) is 0. The van der Waals surface area contributed by atoms with Gasteiger partial charge >= 0.3 is 0 Å². The molecule has 0 fully saturated rings. The molecule has 0 aromatic heterocycles. The van der Waals surface area contributed by atoms with Gasteiger partial charge in [-0.2, -0.15) is 16.8 Å². The van der Waals surface area contributed by atoms with E-state index in [1.165, 1.54) is 12.1 Å². The molecule has 0 aliphatic carbocycles. The zero-order valence-electron chi connectivity index (χ0n) is 11.7. The van der Waals surface area contributed by atoms with Crippen LogP contribution in [0, 0.1) is 0 Å². The largest absolute Gasteiger partial charge is 0.506 e. The van der Waals surface area contributed by atoms with E-state index in [-0.39, 0.29) is 16.1 Å². The summed E-state index contributed by atoms with van der Waals surface area (Å²) < 4.78 is 61.9. The molecule has 128 valence electrons. The monoisotopic (exact) mass is 373 g/mol. The highest BCUT2D eigenvalue weighted by Crippen LogP contribution is 2.24. The number of hydrogen-bond donors (Lipinski definition) is 4. The van der Waals surface area contributed by atoms with Crippen LogP contribution in [0.15, 0.2) is 52.3 Å². The summed E-state index contributed by atoms with van der Waals surface area (Å²) in [5, 5.41) is 11.8. The quantitative estimate of drug-likeness (QED) is 0.581. The summed E-state index contributed by atoms with van der Waals surface area (Å²) in [7, 11) is -9.07. The van der Waals surface area contributed by atoms with E-state index in [4.69, 9.17) is 9.11 Å². The lowest BCUT2D eigenvalue weighted by Crippen LogP contribution is -2.13. The first-order chi connectivity index (χ1) is 11.0. The highest BCUT2D eigenvalue weighted by Gasteiger charge is 2.18. The summed E-state index contributed by atoms with van der Waals surface area (Å²) in [6, 6.07) is 7.39. The van der Waals surface area contributed by atoms with Crippen LogP contribution in [0.5, 0.6) is 5.75 Å². The fourth-order valence-corrected chi connectivity index (χ4v) is 2.86. The number of anilines is 1. The lowest BCUT2D eigenvalue weighted by Gasteiger charge is -2.08. The van der Waals surface area contributed by atoms with Crippen LogP contribution in [-0.4, -0.2) is 37.0 Å². The van der Waals surface area contributed by atoms with Crippen molar-refractivity contribution in [2.45, 2.75) is 9.79 Å². The van der Waals surface area contributed by atoms with Gasteiger partial charge in [-0.05, 0) is 42.5 Å². The Morgan fingerprint density at radius 1 is 0.875 bits per heavy atom. The van der Waals surface area contributed by atoms with Crippen molar-refractivity contribution in [3.05, 3.63) is 48.0 Å². The number of nitrogens with one attached hydrogen (secondary N) is 1. The highest BCUT2D eigenvalue weighted by molar-refractivity contribution is 7.86. The van der Waals surface area contributed by atoms with Crippen molar-refractivity contribution in [2.24, 2.45) is 0 Å². The third-order valence-corrected chi connectivity index (χ3v) is 4.66. The van der Waals surface area contributed by atoms with E-state index < -0.39 is 36.8 Å². The van der Waals surface area contributed by atoms with E-state index in [9.17, 15) is 26.7 Å². The maximum atomic E-state index is 12.0. The standard InChI is InChI=1S/C13H11NO8S2/c15-11-6-1-8(7-12(11)24(20,21)22)13(16)14-9-2-4-10(5-3-9)23(17,18)19/h1-7,15H,(H,14,16)(H,17,18,19)(H,20,21,22). The maximum absolute atomic E-state index is 12.0. The Hall–Kier alpha value is -2.47. The molecule has 11 heteroatoms. The summed E-state index contributed by atoms with van der Waals surface area (Å²) in [5.41, 5.74) is 0.00756. The molecule has 4 N–H and O–H groups in total. The predicted molar refractivity (Wildman–Crippen MR) is 82.1 cm³/mol. The number of rotatable bonds is 4.